The van der Waals surface area contributed by atoms with E-state index in [1.165, 1.54) is 148 Å². The topological polar surface area (TPSA) is 21.7 Å². The summed E-state index contributed by atoms with van der Waals surface area (Å²) in [6, 6.07) is 0. The van der Waals surface area contributed by atoms with E-state index in [0.29, 0.717) is 0 Å². The molecule has 0 radical (unpaired) electrons. The summed E-state index contributed by atoms with van der Waals surface area (Å²) in [6.45, 7) is 6.42. The van der Waals surface area contributed by atoms with Crippen LogP contribution < -0.4 is 0 Å². The molecule has 41 heavy (non-hydrogen) atoms. The van der Waals surface area contributed by atoms with Gasteiger partial charge in [0.15, 0.2) is 5.79 Å². The number of nitrogens with zero attached hydrogens (tertiary/aromatic N) is 1. The molecule has 0 aromatic carbocycles. The molecular weight excluding hydrogens is 502 g/mol. The molecule has 1 heterocycles. The van der Waals surface area contributed by atoms with E-state index in [1.807, 2.05) is 0 Å². The summed E-state index contributed by atoms with van der Waals surface area (Å²) in [4.78, 5) is 2.26. The molecule has 1 unspecified atom stereocenters. The molecule has 2 atom stereocenters. The Hall–Kier alpha value is -0.640. The standard InChI is InChI=1S/C38H73NO2/c1-5-7-9-11-13-15-17-19-21-23-25-27-29-31-34-38(40-36-37(41-38)32-35-39(3)4)33-30-28-26-24-22-20-18-16-14-12-10-8-6-2/h14-17,37H,5-13,18-36H2,1-4H3/b16-14-,17-15-/t37-,38?/m0/s1. The zero-order valence-corrected chi connectivity index (χ0v) is 28.4. The maximum absolute atomic E-state index is 6.66. The molecule has 1 saturated heterocycles. The van der Waals surface area contributed by atoms with E-state index in [1.54, 1.807) is 0 Å². The van der Waals surface area contributed by atoms with Gasteiger partial charge >= 0.3 is 0 Å². The maximum atomic E-state index is 6.66. The van der Waals surface area contributed by atoms with Crippen molar-refractivity contribution in [1.82, 2.24) is 4.90 Å². The Bertz CT molecular complexity index is 601. The quantitative estimate of drug-likeness (QED) is 0.0628. The van der Waals surface area contributed by atoms with E-state index >= 15 is 0 Å². The Balaban J connectivity index is 2.18. The normalized spacial score (nSPS) is 19.5. The summed E-state index contributed by atoms with van der Waals surface area (Å²) < 4.78 is 13.1. The van der Waals surface area contributed by atoms with Crippen molar-refractivity contribution in [1.29, 1.82) is 0 Å². The first kappa shape index (κ1) is 38.4. The van der Waals surface area contributed by atoms with Gasteiger partial charge < -0.3 is 14.4 Å². The molecule has 0 aromatic heterocycles. The van der Waals surface area contributed by atoms with Crippen LogP contribution in [0.15, 0.2) is 24.3 Å². The summed E-state index contributed by atoms with van der Waals surface area (Å²) in [5, 5.41) is 0. The van der Waals surface area contributed by atoms with Crippen molar-refractivity contribution in [3.8, 4) is 0 Å². The van der Waals surface area contributed by atoms with Gasteiger partial charge in [0.1, 0.15) is 0 Å². The van der Waals surface area contributed by atoms with Crippen LogP contribution in [-0.2, 0) is 9.47 Å². The minimum Gasteiger partial charge on any atom is -0.347 e. The number of hydrogen-bond acceptors (Lipinski definition) is 3. The number of rotatable bonds is 30. The van der Waals surface area contributed by atoms with Gasteiger partial charge in [0, 0.05) is 19.4 Å². The predicted octanol–water partition coefficient (Wildman–Crippen LogP) is 12.0. The summed E-state index contributed by atoms with van der Waals surface area (Å²) in [5.41, 5.74) is 0. The molecule has 0 aromatic rings. The lowest BCUT2D eigenvalue weighted by molar-refractivity contribution is -0.180. The minimum absolute atomic E-state index is 0.270. The van der Waals surface area contributed by atoms with Crippen LogP contribution in [0.4, 0.5) is 0 Å². The summed E-state index contributed by atoms with van der Waals surface area (Å²) in [7, 11) is 4.30. The third kappa shape index (κ3) is 23.5. The van der Waals surface area contributed by atoms with E-state index in [-0.39, 0.29) is 11.9 Å². The van der Waals surface area contributed by atoms with Crippen molar-refractivity contribution in [2.24, 2.45) is 0 Å². The van der Waals surface area contributed by atoms with Crippen molar-refractivity contribution in [3.05, 3.63) is 24.3 Å². The number of unbranched alkanes of at least 4 members (excludes halogenated alkanes) is 19. The Labute approximate surface area is 258 Å². The van der Waals surface area contributed by atoms with Gasteiger partial charge in [-0.15, -0.1) is 0 Å². The van der Waals surface area contributed by atoms with Crippen LogP contribution in [0.2, 0.25) is 0 Å². The number of ether oxygens (including phenoxy) is 2. The molecule has 0 aliphatic carbocycles. The van der Waals surface area contributed by atoms with Crippen molar-refractivity contribution >= 4 is 0 Å². The molecule has 242 valence electrons. The molecular formula is C38H73NO2. The second-order valence-electron chi connectivity index (χ2n) is 13.2. The van der Waals surface area contributed by atoms with Crippen LogP contribution in [0.5, 0.6) is 0 Å². The van der Waals surface area contributed by atoms with Crippen LogP contribution in [0, 0.1) is 0 Å². The lowest BCUT2D eigenvalue weighted by Gasteiger charge is -2.29. The van der Waals surface area contributed by atoms with Gasteiger partial charge in [-0.25, -0.2) is 0 Å². The second kappa shape index (κ2) is 28.1. The molecule has 3 heteroatoms. The molecule has 0 amide bonds. The highest BCUT2D eigenvalue weighted by molar-refractivity contribution is 4.83. The molecule has 3 nitrogen and oxygen atoms in total. The minimum atomic E-state index is -0.304. The van der Waals surface area contributed by atoms with Crippen molar-refractivity contribution in [3.63, 3.8) is 0 Å². The van der Waals surface area contributed by atoms with Gasteiger partial charge in [0.25, 0.3) is 0 Å². The van der Waals surface area contributed by atoms with Crippen LogP contribution >= 0.6 is 0 Å². The average Bonchev–Trinajstić information content (AvgIpc) is 3.37. The highest BCUT2D eigenvalue weighted by atomic mass is 16.7. The van der Waals surface area contributed by atoms with E-state index in [2.05, 4.69) is 57.1 Å². The van der Waals surface area contributed by atoms with Gasteiger partial charge in [-0.1, -0.05) is 122 Å². The molecule has 0 saturated carbocycles. The molecule has 1 rings (SSSR count). The van der Waals surface area contributed by atoms with Crippen LogP contribution in [0.3, 0.4) is 0 Å². The Morgan fingerprint density at radius 1 is 0.561 bits per heavy atom. The first-order chi connectivity index (χ1) is 20.1. The fraction of sp³-hybridized carbons (Fsp3) is 0.895. The van der Waals surface area contributed by atoms with Crippen LogP contribution in [-0.4, -0.2) is 44.0 Å². The van der Waals surface area contributed by atoms with E-state index in [9.17, 15) is 0 Å². The van der Waals surface area contributed by atoms with E-state index < -0.39 is 0 Å². The highest BCUT2D eigenvalue weighted by Crippen LogP contribution is 2.35. The first-order valence-corrected chi connectivity index (χ1v) is 18.4. The fourth-order valence-corrected chi connectivity index (χ4v) is 5.95. The monoisotopic (exact) mass is 576 g/mol. The SMILES string of the molecule is CCCCC/C=C\CCCCCCCCC1(CCCCCCCC/C=C\CCCCCC)OC[C@H](CCN(C)C)O1. The third-order valence-electron chi connectivity index (χ3n) is 8.70. The van der Waals surface area contributed by atoms with E-state index in [0.717, 1.165) is 32.4 Å². The van der Waals surface area contributed by atoms with Crippen molar-refractivity contribution in [2.75, 3.05) is 27.2 Å². The van der Waals surface area contributed by atoms with E-state index in [4.69, 9.17) is 9.47 Å². The second-order valence-corrected chi connectivity index (χ2v) is 13.2. The zero-order chi connectivity index (χ0) is 29.7. The van der Waals surface area contributed by atoms with Gasteiger partial charge in [-0.05, 0) is 84.7 Å². The summed E-state index contributed by atoms with van der Waals surface area (Å²) >= 11 is 0. The zero-order valence-electron chi connectivity index (χ0n) is 28.4. The van der Waals surface area contributed by atoms with Crippen molar-refractivity contribution < 1.29 is 9.47 Å². The smallest absolute Gasteiger partial charge is 0.168 e. The molecule has 0 N–H and O–H groups in total. The Kier molecular flexibility index (Phi) is 26.4. The molecule has 0 spiro atoms. The van der Waals surface area contributed by atoms with Gasteiger partial charge in [0.2, 0.25) is 0 Å². The Morgan fingerprint density at radius 2 is 0.951 bits per heavy atom. The predicted molar refractivity (Wildman–Crippen MR) is 182 cm³/mol. The molecule has 1 aliphatic heterocycles. The van der Waals surface area contributed by atoms with Crippen LogP contribution in [0.1, 0.15) is 181 Å². The van der Waals surface area contributed by atoms with Gasteiger partial charge in [-0.2, -0.15) is 0 Å². The first-order valence-electron chi connectivity index (χ1n) is 18.4. The molecule has 1 fully saturated rings. The van der Waals surface area contributed by atoms with Crippen molar-refractivity contribution in [2.45, 2.75) is 193 Å². The number of allylic oxidation sites excluding steroid dienone is 4. The number of hydrogen-bond donors (Lipinski definition) is 0. The van der Waals surface area contributed by atoms with Gasteiger partial charge in [-0.3, -0.25) is 0 Å². The van der Waals surface area contributed by atoms with Crippen LogP contribution in [0.25, 0.3) is 0 Å². The fourth-order valence-electron chi connectivity index (χ4n) is 5.95. The van der Waals surface area contributed by atoms with Gasteiger partial charge in [0.05, 0.1) is 12.7 Å². The maximum Gasteiger partial charge on any atom is 0.168 e. The lowest BCUT2D eigenvalue weighted by atomic mass is 9.98. The lowest BCUT2D eigenvalue weighted by Crippen LogP contribution is -2.31. The third-order valence-corrected chi connectivity index (χ3v) is 8.70. The summed E-state index contributed by atoms with van der Waals surface area (Å²) in [6.07, 6.45) is 43.8. The summed E-state index contributed by atoms with van der Waals surface area (Å²) in [5.74, 6) is -0.304. The largest absolute Gasteiger partial charge is 0.347 e. The molecule has 0 bridgehead atoms. The average molecular weight is 576 g/mol. The Morgan fingerprint density at radius 3 is 1.41 bits per heavy atom. The highest BCUT2D eigenvalue weighted by Gasteiger charge is 2.40. The molecule has 1 aliphatic rings.